The third-order valence-corrected chi connectivity index (χ3v) is 2.62. The quantitative estimate of drug-likeness (QED) is 0.672. The fourth-order valence-corrected chi connectivity index (χ4v) is 1.84. The molecule has 0 bridgehead atoms. The first kappa shape index (κ1) is 12.2. The number of hydrogen-bond donors (Lipinski definition) is 1. The van der Waals surface area contributed by atoms with E-state index < -0.39 is 5.97 Å². The van der Waals surface area contributed by atoms with Crippen LogP contribution in [0.25, 0.3) is 0 Å². The molecule has 1 aliphatic carbocycles. The Kier molecular flexibility index (Phi) is 5.36. The smallest absolute Gasteiger partial charge is 0.317 e. The minimum atomic E-state index is -0.773. The van der Waals surface area contributed by atoms with Crippen LogP contribution >= 0.6 is 0 Å². The summed E-state index contributed by atoms with van der Waals surface area (Å²) in [6.07, 6.45) is 7.55. The summed E-state index contributed by atoms with van der Waals surface area (Å²) >= 11 is 0. The minimum absolute atomic E-state index is 0.0956. The zero-order valence-electron chi connectivity index (χ0n) is 9.19. The molecule has 1 aliphatic rings. The first-order chi connectivity index (χ1) is 7.24. The van der Waals surface area contributed by atoms with Crippen molar-refractivity contribution in [2.24, 2.45) is 0 Å². The fourth-order valence-electron chi connectivity index (χ4n) is 1.84. The van der Waals surface area contributed by atoms with Gasteiger partial charge in [-0.2, -0.15) is 0 Å². The Morgan fingerprint density at radius 3 is 3.00 bits per heavy atom. The molecular formula is C11H19NO3. The zero-order valence-corrected chi connectivity index (χ0v) is 9.19. The van der Waals surface area contributed by atoms with Gasteiger partial charge in [-0.25, -0.2) is 0 Å². The van der Waals surface area contributed by atoms with E-state index in [-0.39, 0.29) is 12.6 Å². The van der Waals surface area contributed by atoms with Gasteiger partial charge in [0.15, 0.2) is 0 Å². The number of methoxy groups -OCH3 is 1. The molecule has 0 spiro atoms. The monoisotopic (exact) mass is 213 g/mol. The summed E-state index contributed by atoms with van der Waals surface area (Å²) in [5.41, 5.74) is 0. The standard InChI is InChI=1S/C11H19NO3/c1-15-8-7-12(9-11(13)14)10-5-3-2-4-6-10/h3,5,10H,2,4,6-9H2,1H3,(H,13,14). The van der Waals surface area contributed by atoms with Crippen molar-refractivity contribution in [2.45, 2.75) is 25.3 Å². The highest BCUT2D eigenvalue weighted by atomic mass is 16.5. The average Bonchev–Trinajstić information content (AvgIpc) is 2.25. The maximum Gasteiger partial charge on any atom is 0.317 e. The summed E-state index contributed by atoms with van der Waals surface area (Å²) < 4.78 is 4.99. The van der Waals surface area contributed by atoms with Gasteiger partial charge in [-0.05, 0) is 19.3 Å². The van der Waals surface area contributed by atoms with Crippen LogP contribution in [0.15, 0.2) is 12.2 Å². The summed E-state index contributed by atoms with van der Waals surface area (Å²) in [5, 5.41) is 8.81. The van der Waals surface area contributed by atoms with Gasteiger partial charge in [-0.3, -0.25) is 9.69 Å². The van der Waals surface area contributed by atoms with Crippen molar-refractivity contribution >= 4 is 5.97 Å². The van der Waals surface area contributed by atoms with Crippen LogP contribution in [0, 0.1) is 0 Å². The number of ether oxygens (including phenoxy) is 1. The molecule has 1 rings (SSSR count). The fraction of sp³-hybridized carbons (Fsp3) is 0.727. The first-order valence-corrected chi connectivity index (χ1v) is 5.35. The lowest BCUT2D eigenvalue weighted by Gasteiger charge is -2.29. The Balaban J connectivity index is 2.49. The largest absolute Gasteiger partial charge is 0.480 e. The van der Waals surface area contributed by atoms with Crippen molar-refractivity contribution in [2.75, 3.05) is 26.8 Å². The van der Waals surface area contributed by atoms with Crippen LogP contribution in [-0.4, -0.2) is 48.8 Å². The molecule has 0 amide bonds. The van der Waals surface area contributed by atoms with Crippen LogP contribution in [0.4, 0.5) is 0 Å². The SMILES string of the molecule is COCCN(CC(=O)O)C1C=CCCC1. The van der Waals surface area contributed by atoms with Crippen LogP contribution in [0.2, 0.25) is 0 Å². The van der Waals surface area contributed by atoms with Crippen molar-refractivity contribution in [3.63, 3.8) is 0 Å². The van der Waals surface area contributed by atoms with Crippen molar-refractivity contribution in [3.8, 4) is 0 Å². The predicted octanol–water partition coefficient (Wildman–Crippen LogP) is 1.13. The molecular weight excluding hydrogens is 194 g/mol. The predicted molar refractivity (Wildman–Crippen MR) is 57.9 cm³/mol. The van der Waals surface area contributed by atoms with E-state index in [1.165, 1.54) is 0 Å². The molecule has 0 fully saturated rings. The molecule has 1 N–H and O–H groups in total. The summed E-state index contributed by atoms with van der Waals surface area (Å²) in [6.45, 7) is 1.35. The summed E-state index contributed by atoms with van der Waals surface area (Å²) in [6, 6.07) is 0.269. The molecule has 0 aromatic carbocycles. The number of aliphatic carboxylic acids is 1. The van der Waals surface area contributed by atoms with Crippen LogP contribution in [0.1, 0.15) is 19.3 Å². The van der Waals surface area contributed by atoms with Crippen LogP contribution in [0.5, 0.6) is 0 Å². The summed E-state index contributed by atoms with van der Waals surface area (Å²) in [7, 11) is 1.63. The zero-order chi connectivity index (χ0) is 11.1. The van der Waals surface area contributed by atoms with E-state index in [0.717, 1.165) is 19.3 Å². The van der Waals surface area contributed by atoms with Crippen molar-refractivity contribution in [1.29, 1.82) is 0 Å². The third-order valence-electron chi connectivity index (χ3n) is 2.62. The van der Waals surface area contributed by atoms with Gasteiger partial charge < -0.3 is 9.84 Å². The topological polar surface area (TPSA) is 49.8 Å². The Bertz CT molecular complexity index is 228. The summed E-state index contributed by atoms with van der Waals surface area (Å²) in [5.74, 6) is -0.773. The number of nitrogens with zero attached hydrogens (tertiary/aromatic N) is 1. The lowest BCUT2D eigenvalue weighted by atomic mass is 10.0. The Labute approximate surface area is 90.5 Å². The molecule has 0 aliphatic heterocycles. The van der Waals surface area contributed by atoms with Crippen LogP contribution in [0.3, 0.4) is 0 Å². The normalized spacial score (nSPS) is 20.8. The molecule has 1 unspecified atom stereocenters. The van der Waals surface area contributed by atoms with E-state index in [2.05, 4.69) is 12.2 Å². The molecule has 0 aromatic heterocycles. The van der Waals surface area contributed by atoms with E-state index in [0.29, 0.717) is 13.2 Å². The molecule has 0 heterocycles. The Morgan fingerprint density at radius 2 is 2.47 bits per heavy atom. The van der Waals surface area contributed by atoms with E-state index >= 15 is 0 Å². The van der Waals surface area contributed by atoms with Gasteiger partial charge in [0.05, 0.1) is 13.2 Å². The molecule has 0 saturated heterocycles. The number of carbonyl (C=O) groups is 1. The number of rotatable bonds is 6. The number of hydrogen-bond acceptors (Lipinski definition) is 3. The highest BCUT2D eigenvalue weighted by Crippen LogP contribution is 2.16. The maximum atomic E-state index is 10.7. The average molecular weight is 213 g/mol. The summed E-state index contributed by atoms with van der Waals surface area (Å²) in [4.78, 5) is 12.7. The van der Waals surface area contributed by atoms with E-state index in [1.807, 2.05) is 4.90 Å². The molecule has 86 valence electrons. The van der Waals surface area contributed by atoms with Gasteiger partial charge in [0.2, 0.25) is 0 Å². The van der Waals surface area contributed by atoms with Crippen LogP contribution in [-0.2, 0) is 9.53 Å². The molecule has 0 radical (unpaired) electrons. The van der Waals surface area contributed by atoms with E-state index in [4.69, 9.17) is 9.84 Å². The highest BCUT2D eigenvalue weighted by Gasteiger charge is 2.19. The number of carboxylic acid groups (broad SMARTS) is 1. The molecule has 1 atom stereocenters. The lowest BCUT2D eigenvalue weighted by Crippen LogP contribution is -2.40. The second-order valence-corrected chi connectivity index (χ2v) is 3.78. The molecule has 4 heteroatoms. The van der Waals surface area contributed by atoms with E-state index in [9.17, 15) is 4.79 Å². The molecule has 15 heavy (non-hydrogen) atoms. The van der Waals surface area contributed by atoms with Gasteiger partial charge in [-0.1, -0.05) is 12.2 Å². The third kappa shape index (κ3) is 4.44. The van der Waals surface area contributed by atoms with Crippen molar-refractivity contribution in [1.82, 2.24) is 4.90 Å². The van der Waals surface area contributed by atoms with Crippen LogP contribution < -0.4 is 0 Å². The molecule has 4 nitrogen and oxygen atoms in total. The first-order valence-electron chi connectivity index (χ1n) is 5.35. The van der Waals surface area contributed by atoms with Gasteiger partial charge >= 0.3 is 5.97 Å². The highest BCUT2D eigenvalue weighted by molar-refractivity contribution is 5.69. The van der Waals surface area contributed by atoms with E-state index in [1.54, 1.807) is 7.11 Å². The van der Waals surface area contributed by atoms with Gasteiger partial charge in [0, 0.05) is 19.7 Å². The molecule has 0 aromatic rings. The second kappa shape index (κ2) is 6.58. The Morgan fingerprint density at radius 1 is 1.67 bits per heavy atom. The lowest BCUT2D eigenvalue weighted by molar-refractivity contribution is -0.138. The van der Waals surface area contributed by atoms with Crippen molar-refractivity contribution in [3.05, 3.63) is 12.2 Å². The maximum absolute atomic E-state index is 10.7. The Hall–Kier alpha value is -0.870. The number of carboxylic acids is 1. The second-order valence-electron chi connectivity index (χ2n) is 3.78. The minimum Gasteiger partial charge on any atom is -0.480 e. The van der Waals surface area contributed by atoms with Crippen molar-refractivity contribution < 1.29 is 14.6 Å². The molecule has 0 saturated carbocycles. The van der Waals surface area contributed by atoms with Gasteiger partial charge in [-0.15, -0.1) is 0 Å². The van der Waals surface area contributed by atoms with Gasteiger partial charge in [0.1, 0.15) is 0 Å². The number of allylic oxidation sites excluding steroid dienone is 1. The van der Waals surface area contributed by atoms with Gasteiger partial charge in [0.25, 0.3) is 0 Å².